The van der Waals surface area contributed by atoms with Crippen LogP contribution in [0.25, 0.3) is 0 Å². The fourth-order valence-electron chi connectivity index (χ4n) is 4.95. The number of carbonyl (C=O) groups excluding carboxylic acids is 1. The van der Waals surface area contributed by atoms with Gasteiger partial charge in [-0.2, -0.15) is 5.10 Å². The molecule has 4 heterocycles. The van der Waals surface area contributed by atoms with Crippen LogP contribution in [0.2, 0.25) is 0 Å². The number of piperidine rings is 1. The van der Waals surface area contributed by atoms with Crippen LogP contribution in [-0.4, -0.2) is 50.2 Å². The molecular weight excluding hydrogens is 419 g/mol. The minimum Gasteiger partial charge on any atom is -0.341 e. The summed E-state index contributed by atoms with van der Waals surface area (Å²) >= 11 is 0. The van der Waals surface area contributed by atoms with E-state index in [1.807, 2.05) is 22.6 Å². The van der Waals surface area contributed by atoms with Gasteiger partial charge in [0.2, 0.25) is 11.9 Å². The van der Waals surface area contributed by atoms with E-state index in [9.17, 15) is 9.18 Å². The monoisotopic (exact) mass is 448 g/mol. The van der Waals surface area contributed by atoms with Crippen LogP contribution in [0, 0.1) is 18.7 Å². The molecule has 0 atom stereocenters. The molecule has 0 aliphatic carbocycles. The third kappa shape index (κ3) is 4.74. The van der Waals surface area contributed by atoms with Crippen LogP contribution in [0.1, 0.15) is 41.8 Å². The molecule has 1 fully saturated rings. The third-order valence-corrected chi connectivity index (χ3v) is 6.85. The molecule has 0 N–H and O–H groups in total. The topological polar surface area (TPSA) is 67.2 Å². The van der Waals surface area contributed by atoms with Crippen molar-refractivity contribution in [2.75, 3.05) is 24.5 Å². The van der Waals surface area contributed by atoms with Crippen molar-refractivity contribution < 1.29 is 9.18 Å². The summed E-state index contributed by atoms with van der Waals surface area (Å²) in [6.45, 7) is 5.71. The van der Waals surface area contributed by atoms with E-state index in [0.29, 0.717) is 25.4 Å². The zero-order chi connectivity index (χ0) is 22.8. The van der Waals surface area contributed by atoms with Gasteiger partial charge in [-0.05, 0) is 61.4 Å². The Bertz CT molecular complexity index is 1110. The second kappa shape index (κ2) is 9.29. The molecule has 2 aliphatic heterocycles. The third-order valence-electron chi connectivity index (χ3n) is 6.85. The molecule has 2 aromatic heterocycles. The van der Waals surface area contributed by atoms with Gasteiger partial charge < -0.3 is 9.80 Å². The number of rotatable bonds is 5. The van der Waals surface area contributed by atoms with Crippen LogP contribution in [0.4, 0.5) is 10.3 Å². The summed E-state index contributed by atoms with van der Waals surface area (Å²) in [5, 5.41) is 4.72. The molecule has 0 unspecified atom stereocenters. The molecule has 1 aromatic carbocycles. The van der Waals surface area contributed by atoms with Crippen LogP contribution in [-0.2, 0) is 24.3 Å². The molecule has 0 saturated carbocycles. The van der Waals surface area contributed by atoms with Gasteiger partial charge in [0.1, 0.15) is 5.82 Å². The number of fused-ring (bicyclic) bond motifs is 1. The molecule has 0 radical (unpaired) electrons. The van der Waals surface area contributed by atoms with E-state index in [2.05, 4.69) is 14.9 Å². The quantitative estimate of drug-likeness (QED) is 0.599. The molecule has 172 valence electrons. The highest BCUT2D eigenvalue weighted by Gasteiger charge is 2.29. The first-order valence-electron chi connectivity index (χ1n) is 11.7. The van der Waals surface area contributed by atoms with Crippen molar-refractivity contribution in [3.63, 3.8) is 0 Å². The molecule has 8 heteroatoms. The van der Waals surface area contributed by atoms with E-state index in [-0.39, 0.29) is 11.7 Å². The molecule has 33 heavy (non-hydrogen) atoms. The summed E-state index contributed by atoms with van der Waals surface area (Å²) in [6.07, 6.45) is 6.91. The number of amides is 1. The van der Waals surface area contributed by atoms with Crippen molar-refractivity contribution in [3.8, 4) is 0 Å². The number of halogens is 1. The van der Waals surface area contributed by atoms with Crippen molar-refractivity contribution in [2.45, 2.75) is 45.7 Å². The largest absolute Gasteiger partial charge is 0.341 e. The summed E-state index contributed by atoms with van der Waals surface area (Å²) in [5.74, 6) is 1.15. The molecule has 7 nitrogen and oxygen atoms in total. The number of carbonyl (C=O) groups is 1. The first-order valence-corrected chi connectivity index (χ1v) is 11.7. The summed E-state index contributed by atoms with van der Waals surface area (Å²) in [4.78, 5) is 26.0. The Hall–Kier alpha value is -3.29. The van der Waals surface area contributed by atoms with Gasteiger partial charge in [0.25, 0.3) is 0 Å². The lowest BCUT2D eigenvalue weighted by molar-refractivity contribution is -0.133. The number of anilines is 1. The van der Waals surface area contributed by atoms with Crippen LogP contribution in [0.5, 0.6) is 0 Å². The van der Waals surface area contributed by atoms with Crippen molar-refractivity contribution >= 4 is 11.9 Å². The highest BCUT2D eigenvalue weighted by Crippen LogP contribution is 2.27. The first-order chi connectivity index (χ1) is 16.1. The first kappa shape index (κ1) is 21.6. The Morgan fingerprint density at radius 3 is 2.55 bits per heavy atom. The molecule has 3 aromatic rings. The highest BCUT2D eigenvalue weighted by molar-refractivity contribution is 5.76. The van der Waals surface area contributed by atoms with Gasteiger partial charge in [-0.15, -0.1) is 0 Å². The van der Waals surface area contributed by atoms with E-state index in [1.165, 1.54) is 17.7 Å². The van der Waals surface area contributed by atoms with E-state index in [4.69, 9.17) is 5.10 Å². The zero-order valence-electron chi connectivity index (χ0n) is 19.0. The van der Waals surface area contributed by atoms with Crippen molar-refractivity contribution in [3.05, 3.63) is 71.1 Å². The highest BCUT2D eigenvalue weighted by atomic mass is 19.1. The Balaban J connectivity index is 1.20. The van der Waals surface area contributed by atoms with Crippen LogP contribution >= 0.6 is 0 Å². The van der Waals surface area contributed by atoms with Crippen LogP contribution < -0.4 is 4.90 Å². The van der Waals surface area contributed by atoms with Crippen molar-refractivity contribution in [1.82, 2.24) is 24.6 Å². The van der Waals surface area contributed by atoms with Crippen LogP contribution in [0.3, 0.4) is 0 Å². The minimum atomic E-state index is -0.240. The van der Waals surface area contributed by atoms with Crippen molar-refractivity contribution in [1.29, 1.82) is 0 Å². The molecule has 1 saturated heterocycles. The number of nitrogens with zero attached hydrogens (tertiary/aromatic N) is 6. The van der Waals surface area contributed by atoms with Gasteiger partial charge >= 0.3 is 0 Å². The molecular formula is C25H29FN6O. The predicted molar refractivity (Wildman–Crippen MR) is 123 cm³/mol. The maximum atomic E-state index is 13.3. The van der Waals surface area contributed by atoms with E-state index in [1.54, 1.807) is 24.5 Å². The van der Waals surface area contributed by atoms with Gasteiger partial charge in [-0.3, -0.25) is 9.48 Å². The molecule has 2 aliphatic rings. The molecule has 0 bridgehead atoms. The number of benzene rings is 1. The Labute approximate surface area is 193 Å². The Kier molecular flexibility index (Phi) is 6.07. The SMILES string of the molecule is Cc1nn(Cc2ccc(F)cc2)c2c1CCN(C(=O)CC1CCN(c3ncccn3)CC1)C2. The molecule has 5 rings (SSSR count). The number of hydrogen-bond donors (Lipinski definition) is 0. The van der Waals surface area contributed by atoms with E-state index < -0.39 is 0 Å². The molecule has 0 spiro atoms. The van der Waals surface area contributed by atoms with Crippen molar-refractivity contribution in [2.24, 2.45) is 5.92 Å². The number of aromatic nitrogens is 4. The lowest BCUT2D eigenvalue weighted by Gasteiger charge is -2.33. The fraction of sp³-hybridized carbons (Fsp3) is 0.440. The standard InChI is InChI=1S/C25H29FN6O/c1-18-22-9-14-31(17-23(22)32(29-18)16-20-3-5-21(26)6-4-20)24(33)15-19-7-12-30(13-8-19)25-27-10-2-11-28-25/h2-6,10-11,19H,7-9,12-17H2,1H3. The zero-order valence-corrected chi connectivity index (χ0v) is 19.0. The lowest BCUT2D eigenvalue weighted by atomic mass is 9.92. The Morgan fingerprint density at radius 1 is 1.09 bits per heavy atom. The maximum Gasteiger partial charge on any atom is 0.225 e. The average Bonchev–Trinajstić information content (AvgIpc) is 3.16. The summed E-state index contributed by atoms with van der Waals surface area (Å²) in [7, 11) is 0. The number of aryl methyl sites for hydroxylation is 1. The van der Waals surface area contributed by atoms with Gasteiger partial charge in [-0.1, -0.05) is 12.1 Å². The average molecular weight is 449 g/mol. The summed E-state index contributed by atoms with van der Waals surface area (Å²) in [5.41, 5.74) is 4.37. The van der Waals surface area contributed by atoms with Crippen LogP contribution in [0.15, 0.2) is 42.7 Å². The van der Waals surface area contributed by atoms with Gasteiger partial charge in [0.15, 0.2) is 0 Å². The van der Waals surface area contributed by atoms with Gasteiger partial charge in [0.05, 0.1) is 24.5 Å². The fourth-order valence-corrected chi connectivity index (χ4v) is 4.95. The second-order valence-corrected chi connectivity index (χ2v) is 9.04. The Morgan fingerprint density at radius 2 is 1.82 bits per heavy atom. The number of hydrogen-bond acceptors (Lipinski definition) is 5. The van der Waals surface area contributed by atoms with Gasteiger partial charge in [0, 0.05) is 38.4 Å². The lowest BCUT2D eigenvalue weighted by Crippen LogP contribution is -2.40. The molecule has 1 amide bonds. The minimum absolute atomic E-state index is 0.224. The normalized spacial score (nSPS) is 16.7. The van der Waals surface area contributed by atoms with Gasteiger partial charge in [-0.25, -0.2) is 14.4 Å². The summed E-state index contributed by atoms with van der Waals surface area (Å²) in [6, 6.07) is 8.35. The van der Waals surface area contributed by atoms with E-state index >= 15 is 0 Å². The van der Waals surface area contributed by atoms with E-state index in [0.717, 1.165) is 61.8 Å². The maximum absolute atomic E-state index is 13.3. The predicted octanol–water partition coefficient (Wildman–Crippen LogP) is 3.36. The summed E-state index contributed by atoms with van der Waals surface area (Å²) < 4.78 is 15.2. The smallest absolute Gasteiger partial charge is 0.225 e. The second-order valence-electron chi connectivity index (χ2n) is 9.04.